The molecule has 0 saturated heterocycles. The van der Waals surface area contributed by atoms with E-state index in [1.54, 1.807) is 12.3 Å². The fraction of sp³-hybridized carbons (Fsp3) is 0.308. The highest BCUT2D eigenvalue weighted by Crippen LogP contribution is 2.10. The first-order valence-corrected chi connectivity index (χ1v) is 5.79. The predicted molar refractivity (Wildman–Crippen MR) is 66.2 cm³/mol. The Morgan fingerprint density at radius 2 is 2.29 bits per heavy atom. The number of aromatic nitrogens is 2. The van der Waals surface area contributed by atoms with Crippen LogP contribution in [-0.4, -0.2) is 9.55 Å². The number of aryl methyl sites for hydroxylation is 1. The van der Waals surface area contributed by atoms with Crippen molar-refractivity contribution in [1.29, 1.82) is 0 Å². The quantitative estimate of drug-likeness (QED) is 0.860. The van der Waals surface area contributed by atoms with Gasteiger partial charge in [-0.05, 0) is 24.6 Å². The van der Waals surface area contributed by atoms with Gasteiger partial charge >= 0.3 is 0 Å². The van der Waals surface area contributed by atoms with Crippen molar-refractivity contribution < 1.29 is 4.39 Å². The van der Waals surface area contributed by atoms with Gasteiger partial charge in [-0.15, -0.1) is 0 Å². The van der Waals surface area contributed by atoms with E-state index in [4.69, 9.17) is 0 Å². The van der Waals surface area contributed by atoms with Crippen LogP contribution in [0.4, 0.5) is 10.1 Å². The van der Waals surface area contributed by atoms with Gasteiger partial charge in [-0.25, -0.2) is 9.37 Å². The van der Waals surface area contributed by atoms with Crippen molar-refractivity contribution in [3.8, 4) is 0 Å². The summed E-state index contributed by atoms with van der Waals surface area (Å²) >= 11 is 0. The molecule has 0 bridgehead atoms. The molecule has 0 amide bonds. The van der Waals surface area contributed by atoms with Gasteiger partial charge < -0.3 is 9.88 Å². The molecule has 0 unspecified atom stereocenters. The lowest BCUT2D eigenvalue weighted by molar-refractivity contribution is 0.627. The van der Waals surface area contributed by atoms with Gasteiger partial charge in [0, 0.05) is 24.6 Å². The molecule has 0 aliphatic carbocycles. The van der Waals surface area contributed by atoms with E-state index in [9.17, 15) is 4.39 Å². The molecule has 1 N–H and O–H groups in total. The average molecular weight is 233 g/mol. The number of rotatable bonds is 5. The van der Waals surface area contributed by atoms with E-state index >= 15 is 0 Å². The molecule has 0 aliphatic rings. The number of nitrogens with one attached hydrogen (secondary N) is 1. The van der Waals surface area contributed by atoms with E-state index in [-0.39, 0.29) is 5.82 Å². The summed E-state index contributed by atoms with van der Waals surface area (Å²) in [5.74, 6) is 0.739. The fourth-order valence-electron chi connectivity index (χ4n) is 1.73. The monoisotopic (exact) mass is 233 g/mol. The number of benzene rings is 1. The molecule has 1 aromatic carbocycles. The molecular weight excluding hydrogens is 217 g/mol. The first kappa shape index (κ1) is 11.6. The smallest absolute Gasteiger partial charge is 0.128 e. The number of anilines is 1. The lowest BCUT2D eigenvalue weighted by atomic mass is 10.3. The van der Waals surface area contributed by atoms with Crippen molar-refractivity contribution in [2.24, 2.45) is 0 Å². The van der Waals surface area contributed by atoms with Crippen molar-refractivity contribution in [3.63, 3.8) is 0 Å². The molecule has 2 rings (SSSR count). The lowest BCUT2D eigenvalue weighted by Gasteiger charge is -2.08. The number of hydrogen-bond donors (Lipinski definition) is 1. The Kier molecular flexibility index (Phi) is 3.75. The maximum absolute atomic E-state index is 13.0. The third-order valence-electron chi connectivity index (χ3n) is 2.54. The molecule has 0 aliphatic heterocycles. The lowest BCUT2D eigenvalue weighted by Crippen LogP contribution is -2.08. The first-order valence-electron chi connectivity index (χ1n) is 5.79. The summed E-state index contributed by atoms with van der Waals surface area (Å²) in [6, 6.07) is 6.45. The van der Waals surface area contributed by atoms with Crippen molar-refractivity contribution >= 4 is 5.69 Å². The van der Waals surface area contributed by atoms with E-state index in [1.165, 1.54) is 12.1 Å². The summed E-state index contributed by atoms with van der Waals surface area (Å²) in [5, 5.41) is 3.16. The van der Waals surface area contributed by atoms with Crippen LogP contribution in [0.3, 0.4) is 0 Å². The van der Waals surface area contributed by atoms with E-state index in [2.05, 4.69) is 21.8 Å². The predicted octanol–water partition coefficient (Wildman–Crippen LogP) is 3.04. The maximum atomic E-state index is 13.0. The second-order valence-electron chi connectivity index (χ2n) is 3.90. The Bertz CT molecular complexity index is 479. The minimum absolute atomic E-state index is 0.230. The molecule has 3 nitrogen and oxygen atoms in total. The topological polar surface area (TPSA) is 29.9 Å². The first-order chi connectivity index (χ1) is 8.29. The van der Waals surface area contributed by atoms with E-state index < -0.39 is 0 Å². The third kappa shape index (κ3) is 3.06. The van der Waals surface area contributed by atoms with Crippen molar-refractivity contribution in [3.05, 3.63) is 48.3 Å². The van der Waals surface area contributed by atoms with Crippen LogP contribution in [0.1, 0.15) is 19.2 Å². The van der Waals surface area contributed by atoms with Gasteiger partial charge in [0.05, 0.1) is 6.54 Å². The van der Waals surface area contributed by atoms with Crippen LogP contribution >= 0.6 is 0 Å². The van der Waals surface area contributed by atoms with Crippen LogP contribution in [0, 0.1) is 5.82 Å². The minimum atomic E-state index is -0.230. The Morgan fingerprint density at radius 3 is 3.06 bits per heavy atom. The maximum Gasteiger partial charge on any atom is 0.128 e. The average Bonchev–Trinajstić information content (AvgIpc) is 2.75. The summed E-state index contributed by atoms with van der Waals surface area (Å²) in [7, 11) is 0. The van der Waals surface area contributed by atoms with Gasteiger partial charge in [-0.3, -0.25) is 0 Å². The molecule has 0 spiro atoms. The van der Waals surface area contributed by atoms with Gasteiger partial charge in [0.25, 0.3) is 0 Å². The van der Waals surface area contributed by atoms with Crippen LogP contribution in [0.5, 0.6) is 0 Å². The second-order valence-corrected chi connectivity index (χ2v) is 3.90. The summed E-state index contributed by atoms with van der Waals surface area (Å²) in [4.78, 5) is 4.28. The molecule has 90 valence electrons. The second kappa shape index (κ2) is 5.48. The largest absolute Gasteiger partial charge is 0.378 e. The number of halogens is 1. The molecule has 0 radical (unpaired) electrons. The molecule has 0 fully saturated rings. The van der Waals surface area contributed by atoms with Gasteiger partial charge in [0.15, 0.2) is 0 Å². The van der Waals surface area contributed by atoms with E-state index in [0.29, 0.717) is 6.54 Å². The van der Waals surface area contributed by atoms with Crippen LogP contribution in [0.2, 0.25) is 0 Å². The minimum Gasteiger partial charge on any atom is -0.378 e. The van der Waals surface area contributed by atoms with Crippen LogP contribution in [0.15, 0.2) is 36.7 Å². The Labute approximate surface area is 100 Å². The zero-order chi connectivity index (χ0) is 12.1. The van der Waals surface area contributed by atoms with Crippen molar-refractivity contribution in [2.75, 3.05) is 5.32 Å². The standard InChI is InChI=1S/C13H16FN3/c1-2-7-17-8-6-15-13(17)10-16-12-5-3-4-11(14)9-12/h3-6,8-9,16H,2,7,10H2,1H3. The molecule has 0 saturated carbocycles. The van der Waals surface area contributed by atoms with Gasteiger partial charge in [-0.1, -0.05) is 13.0 Å². The molecule has 4 heteroatoms. The van der Waals surface area contributed by atoms with Crippen LogP contribution in [0.25, 0.3) is 0 Å². The highest BCUT2D eigenvalue weighted by molar-refractivity contribution is 5.43. The summed E-state index contributed by atoms with van der Waals surface area (Å²) in [5.41, 5.74) is 0.774. The zero-order valence-electron chi connectivity index (χ0n) is 9.86. The molecule has 0 atom stereocenters. The molecular formula is C13H16FN3. The number of hydrogen-bond acceptors (Lipinski definition) is 2. The molecule has 17 heavy (non-hydrogen) atoms. The van der Waals surface area contributed by atoms with E-state index in [1.807, 2.05) is 12.3 Å². The van der Waals surface area contributed by atoms with E-state index in [0.717, 1.165) is 24.5 Å². The van der Waals surface area contributed by atoms with Crippen molar-refractivity contribution in [2.45, 2.75) is 26.4 Å². The Morgan fingerprint density at radius 1 is 1.41 bits per heavy atom. The number of imidazole rings is 1. The molecule has 1 aromatic heterocycles. The highest BCUT2D eigenvalue weighted by atomic mass is 19.1. The van der Waals surface area contributed by atoms with Gasteiger partial charge in [0.2, 0.25) is 0 Å². The Hall–Kier alpha value is -1.84. The highest BCUT2D eigenvalue weighted by Gasteiger charge is 2.01. The molecule has 1 heterocycles. The third-order valence-corrected chi connectivity index (χ3v) is 2.54. The summed E-state index contributed by atoms with van der Waals surface area (Å²) < 4.78 is 15.1. The number of nitrogens with zero attached hydrogens (tertiary/aromatic N) is 2. The van der Waals surface area contributed by atoms with Crippen LogP contribution in [-0.2, 0) is 13.1 Å². The zero-order valence-corrected chi connectivity index (χ0v) is 9.86. The summed E-state index contributed by atoms with van der Waals surface area (Å²) in [6.45, 7) is 3.69. The normalized spacial score (nSPS) is 10.5. The fourth-order valence-corrected chi connectivity index (χ4v) is 1.73. The van der Waals surface area contributed by atoms with Gasteiger partial charge in [0.1, 0.15) is 11.6 Å². The van der Waals surface area contributed by atoms with Gasteiger partial charge in [-0.2, -0.15) is 0 Å². The summed E-state index contributed by atoms with van der Waals surface area (Å²) in [6.07, 6.45) is 4.83. The molecule has 2 aromatic rings. The van der Waals surface area contributed by atoms with Crippen LogP contribution < -0.4 is 5.32 Å². The van der Waals surface area contributed by atoms with Crippen molar-refractivity contribution in [1.82, 2.24) is 9.55 Å². The Balaban J connectivity index is 1.99. The SMILES string of the molecule is CCCn1ccnc1CNc1cccc(F)c1.